The molecule has 0 bridgehead atoms. The molecule has 1 saturated heterocycles. The van der Waals surface area contributed by atoms with Crippen LogP contribution in [-0.2, 0) is 6.42 Å². The third kappa shape index (κ3) is 3.18. The number of likely N-dealkylation sites (tertiary alicyclic amines) is 1. The van der Waals surface area contributed by atoms with E-state index < -0.39 is 0 Å². The molecule has 0 spiro atoms. The molecule has 1 aromatic carbocycles. The Labute approximate surface area is 117 Å². The van der Waals surface area contributed by atoms with E-state index in [2.05, 4.69) is 35.2 Å². The van der Waals surface area contributed by atoms with Gasteiger partial charge in [-0.05, 0) is 49.6 Å². The van der Waals surface area contributed by atoms with Gasteiger partial charge in [-0.15, -0.1) is 0 Å². The van der Waals surface area contributed by atoms with Crippen molar-refractivity contribution >= 4 is 0 Å². The first-order valence-corrected chi connectivity index (χ1v) is 7.85. The van der Waals surface area contributed by atoms with Crippen LogP contribution < -0.4 is 5.73 Å². The zero-order valence-electron chi connectivity index (χ0n) is 11.8. The molecule has 1 aliphatic carbocycles. The normalized spacial score (nSPS) is 31.3. The van der Waals surface area contributed by atoms with Crippen LogP contribution in [0.3, 0.4) is 0 Å². The smallest absolute Gasteiger partial charge is 0.00825 e. The molecular formula is C17H26N2. The second-order valence-electron chi connectivity index (χ2n) is 6.37. The van der Waals surface area contributed by atoms with Crippen LogP contribution in [0, 0.1) is 11.8 Å². The monoisotopic (exact) mass is 258 g/mol. The van der Waals surface area contributed by atoms with Gasteiger partial charge in [-0.3, -0.25) is 0 Å². The molecule has 0 amide bonds. The summed E-state index contributed by atoms with van der Waals surface area (Å²) in [4.78, 5) is 2.66. The van der Waals surface area contributed by atoms with Crippen molar-refractivity contribution in [1.29, 1.82) is 0 Å². The zero-order valence-corrected chi connectivity index (χ0v) is 11.8. The molecule has 3 atom stereocenters. The molecule has 1 aromatic rings. The number of nitrogens with zero attached hydrogens (tertiary/aromatic N) is 1. The number of benzene rings is 1. The van der Waals surface area contributed by atoms with Crippen molar-refractivity contribution in [3.63, 3.8) is 0 Å². The molecular weight excluding hydrogens is 232 g/mol. The Hall–Kier alpha value is -0.860. The van der Waals surface area contributed by atoms with Crippen LogP contribution in [0.5, 0.6) is 0 Å². The summed E-state index contributed by atoms with van der Waals surface area (Å²) < 4.78 is 0. The van der Waals surface area contributed by atoms with Crippen molar-refractivity contribution in [3.05, 3.63) is 35.9 Å². The third-order valence-electron chi connectivity index (χ3n) is 5.01. The Morgan fingerprint density at radius 3 is 2.74 bits per heavy atom. The van der Waals surface area contributed by atoms with Crippen LogP contribution in [0.25, 0.3) is 0 Å². The summed E-state index contributed by atoms with van der Waals surface area (Å²) in [7, 11) is 0. The van der Waals surface area contributed by atoms with E-state index >= 15 is 0 Å². The molecule has 0 radical (unpaired) electrons. The largest absolute Gasteiger partial charge is 0.327 e. The van der Waals surface area contributed by atoms with Crippen molar-refractivity contribution in [3.8, 4) is 0 Å². The lowest BCUT2D eigenvalue weighted by Crippen LogP contribution is -2.38. The van der Waals surface area contributed by atoms with Crippen LogP contribution in [0.1, 0.15) is 31.2 Å². The minimum Gasteiger partial charge on any atom is -0.327 e. The molecule has 3 unspecified atom stereocenters. The maximum absolute atomic E-state index is 6.28. The van der Waals surface area contributed by atoms with E-state index in [4.69, 9.17) is 5.73 Å². The molecule has 2 heteroatoms. The van der Waals surface area contributed by atoms with E-state index in [0.717, 1.165) is 11.8 Å². The minimum absolute atomic E-state index is 0.470. The van der Waals surface area contributed by atoms with E-state index in [-0.39, 0.29) is 0 Å². The first-order chi connectivity index (χ1) is 9.33. The number of hydrogen-bond donors (Lipinski definition) is 1. The predicted octanol–water partition coefficient (Wildman–Crippen LogP) is 2.68. The summed E-state index contributed by atoms with van der Waals surface area (Å²) in [5.74, 6) is 1.67. The average molecular weight is 258 g/mol. The summed E-state index contributed by atoms with van der Waals surface area (Å²) in [5.41, 5.74) is 7.74. The summed E-state index contributed by atoms with van der Waals surface area (Å²) in [6.45, 7) is 3.79. The fourth-order valence-electron chi connectivity index (χ4n) is 3.94. The van der Waals surface area contributed by atoms with Crippen LogP contribution in [-0.4, -0.2) is 30.6 Å². The van der Waals surface area contributed by atoms with Crippen molar-refractivity contribution in [2.45, 2.75) is 38.1 Å². The minimum atomic E-state index is 0.470. The van der Waals surface area contributed by atoms with Crippen molar-refractivity contribution in [2.24, 2.45) is 17.6 Å². The molecule has 104 valence electrons. The van der Waals surface area contributed by atoms with Crippen molar-refractivity contribution in [1.82, 2.24) is 4.90 Å². The van der Waals surface area contributed by atoms with E-state index in [1.54, 1.807) is 0 Å². The molecule has 2 aliphatic rings. The van der Waals surface area contributed by atoms with E-state index in [0.29, 0.717) is 6.04 Å². The summed E-state index contributed by atoms with van der Waals surface area (Å²) in [6, 6.07) is 11.3. The first-order valence-electron chi connectivity index (χ1n) is 7.85. The maximum Gasteiger partial charge on any atom is 0.00825 e. The lowest BCUT2D eigenvalue weighted by Gasteiger charge is -2.29. The molecule has 2 N–H and O–H groups in total. The van der Waals surface area contributed by atoms with E-state index in [9.17, 15) is 0 Å². The Balaban J connectivity index is 1.44. The molecule has 2 fully saturated rings. The van der Waals surface area contributed by atoms with Gasteiger partial charge in [0.2, 0.25) is 0 Å². The number of fused-ring (bicyclic) bond motifs is 1. The summed E-state index contributed by atoms with van der Waals surface area (Å²) in [5, 5.41) is 0. The molecule has 1 heterocycles. The van der Waals surface area contributed by atoms with Crippen molar-refractivity contribution < 1.29 is 0 Å². The SMILES string of the molecule is NC1CCCC2CN(CCCc3ccccc3)CC12. The molecule has 1 saturated carbocycles. The molecule has 19 heavy (non-hydrogen) atoms. The summed E-state index contributed by atoms with van der Waals surface area (Å²) in [6.07, 6.45) is 6.49. The molecule has 1 aliphatic heterocycles. The fraction of sp³-hybridized carbons (Fsp3) is 0.647. The van der Waals surface area contributed by atoms with Gasteiger partial charge in [0.05, 0.1) is 0 Å². The van der Waals surface area contributed by atoms with Gasteiger partial charge >= 0.3 is 0 Å². The van der Waals surface area contributed by atoms with Gasteiger partial charge in [0.25, 0.3) is 0 Å². The summed E-state index contributed by atoms with van der Waals surface area (Å²) >= 11 is 0. The lowest BCUT2D eigenvalue weighted by molar-refractivity contribution is 0.259. The van der Waals surface area contributed by atoms with E-state index in [1.165, 1.54) is 57.3 Å². The Bertz CT molecular complexity index is 390. The number of hydrogen-bond acceptors (Lipinski definition) is 2. The Morgan fingerprint density at radius 2 is 1.95 bits per heavy atom. The highest BCUT2D eigenvalue weighted by Gasteiger charge is 2.38. The van der Waals surface area contributed by atoms with Gasteiger partial charge in [-0.2, -0.15) is 0 Å². The highest BCUT2D eigenvalue weighted by atomic mass is 15.2. The Morgan fingerprint density at radius 1 is 1.11 bits per heavy atom. The van der Waals surface area contributed by atoms with Crippen LogP contribution >= 0.6 is 0 Å². The van der Waals surface area contributed by atoms with Gasteiger partial charge < -0.3 is 10.6 Å². The topological polar surface area (TPSA) is 29.3 Å². The number of aryl methyl sites for hydroxylation is 1. The molecule has 3 rings (SSSR count). The van der Waals surface area contributed by atoms with Gasteiger partial charge in [0.1, 0.15) is 0 Å². The third-order valence-corrected chi connectivity index (χ3v) is 5.01. The second kappa shape index (κ2) is 6.06. The Kier molecular flexibility index (Phi) is 4.19. The standard InChI is InChI=1S/C17H26N2/c18-17-10-4-9-15-12-19(13-16(15)17)11-5-8-14-6-2-1-3-7-14/h1-3,6-7,15-17H,4-5,8-13,18H2. The van der Waals surface area contributed by atoms with Gasteiger partial charge in [0, 0.05) is 19.1 Å². The van der Waals surface area contributed by atoms with Crippen molar-refractivity contribution in [2.75, 3.05) is 19.6 Å². The lowest BCUT2D eigenvalue weighted by atomic mass is 9.78. The molecule has 2 nitrogen and oxygen atoms in total. The quantitative estimate of drug-likeness (QED) is 0.899. The van der Waals surface area contributed by atoms with Crippen LogP contribution in [0.4, 0.5) is 0 Å². The average Bonchev–Trinajstić information content (AvgIpc) is 2.84. The van der Waals surface area contributed by atoms with Gasteiger partial charge in [-0.1, -0.05) is 36.8 Å². The highest BCUT2D eigenvalue weighted by molar-refractivity contribution is 5.14. The first kappa shape index (κ1) is 13.1. The number of nitrogens with two attached hydrogens (primary N) is 1. The predicted molar refractivity (Wildman–Crippen MR) is 80.0 cm³/mol. The number of rotatable bonds is 4. The fourth-order valence-corrected chi connectivity index (χ4v) is 3.94. The zero-order chi connectivity index (χ0) is 13.1. The maximum atomic E-state index is 6.28. The second-order valence-corrected chi connectivity index (χ2v) is 6.37. The molecule has 0 aromatic heterocycles. The van der Waals surface area contributed by atoms with Gasteiger partial charge in [-0.25, -0.2) is 0 Å². The van der Waals surface area contributed by atoms with Crippen LogP contribution in [0.2, 0.25) is 0 Å². The van der Waals surface area contributed by atoms with E-state index in [1.807, 2.05) is 0 Å². The highest BCUT2D eigenvalue weighted by Crippen LogP contribution is 2.35. The van der Waals surface area contributed by atoms with Crippen LogP contribution in [0.15, 0.2) is 30.3 Å². The van der Waals surface area contributed by atoms with Gasteiger partial charge in [0.15, 0.2) is 0 Å².